The van der Waals surface area contributed by atoms with Gasteiger partial charge in [0, 0.05) is 13.5 Å². The fourth-order valence-corrected chi connectivity index (χ4v) is 1.21. The number of carboxylic acids is 1. The first-order valence-corrected chi connectivity index (χ1v) is 3.48. The summed E-state index contributed by atoms with van der Waals surface area (Å²) in [5.74, 6) is -1.01. The number of likely N-dealkylation sites (N-methyl/N-ethyl adjacent to an activating group) is 1. The lowest BCUT2D eigenvalue weighted by Gasteiger charge is -2.26. The molecule has 0 aromatic rings. The SMILES string of the molecule is CN1C(=O)CCC1(C)C(=O)O. The van der Waals surface area contributed by atoms with Crippen LogP contribution < -0.4 is 0 Å². The molecule has 1 aliphatic rings. The lowest BCUT2D eigenvalue weighted by molar-refractivity contribution is -0.151. The van der Waals surface area contributed by atoms with Gasteiger partial charge in [0.15, 0.2) is 0 Å². The highest BCUT2D eigenvalue weighted by molar-refractivity contribution is 5.90. The van der Waals surface area contributed by atoms with E-state index in [0.717, 1.165) is 0 Å². The van der Waals surface area contributed by atoms with Gasteiger partial charge in [0.05, 0.1) is 0 Å². The maximum atomic E-state index is 11.0. The third-order valence-corrected chi connectivity index (χ3v) is 2.40. The van der Waals surface area contributed by atoms with E-state index in [1.165, 1.54) is 11.9 Å². The second kappa shape index (κ2) is 2.22. The minimum atomic E-state index is -0.975. The molecule has 62 valence electrons. The smallest absolute Gasteiger partial charge is 0.329 e. The van der Waals surface area contributed by atoms with Gasteiger partial charge in [-0.05, 0) is 13.3 Å². The number of nitrogens with zero attached hydrogens (tertiary/aromatic N) is 1. The van der Waals surface area contributed by atoms with Gasteiger partial charge >= 0.3 is 5.97 Å². The van der Waals surface area contributed by atoms with Crippen LogP contribution in [0.15, 0.2) is 0 Å². The number of rotatable bonds is 1. The second-order valence-corrected chi connectivity index (χ2v) is 3.03. The number of hydrogen-bond donors (Lipinski definition) is 1. The summed E-state index contributed by atoms with van der Waals surface area (Å²) in [6.45, 7) is 1.57. The molecule has 0 aromatic heterocycles. The fourth-order valence-electron chi connectivity index (χ4n) is 1.21. The lowest BCUT2D eigenvalue weighted by atomic mass is 10.0. The maximum Gasteiger partial charge on any atom is 0.329 e. The summed E-state index contributed by atoms with van der Waals surface area (Å²) in [4.78, 5) is 22.9. The molecule has 1 unspecified atom stereocenters. The Morgan fingerprint density at radius 3 is 2.45 bits per heavy atom. The summed E-state index contributed by atoms with van der Waals surface area (Å²) >= 11 is 0. The summed E-state index contributed by atoms with van der Waals surface area (Å²) in [6, 6.07) is 0. The number of likely N-dealkylation sites (tertiary alicyclic amines) is 1. The molecule has 1 atom stereocenters. The molecule has 0 saturated carbocycles. The van der Waals surface area contributed by atoms with E-state index >= 15 is 0 Å². The highest BCUT2D eigenvalue weighted by Crippen LogP contribution is 2.28. The van der Waals surface area contributed by atoms with E-state index in [0.29, 0.717) is 12.8 Å². The summed E-state index contributed by atoms with van der Waals surface area (Å²) in [6.07, 6.45) is 0.761. The van der Waals surface area contributed by atoms with Crippen LogP contribution in [0.3, 0.4) is 0 Å². The van der Waals surface area contributed by atoms with E-state index in [1.54, 1.807) is 6.92 Å². The Balaban J connectivity index is 2.89. The fraction of sp³-hybridized carbons (Fsp3) is 0.714. The highest BCUT2D eigenvalue weighted by atomic mass is 16.4. The van der Waals surface area contributed by atoms with Crippen molar-refractivity contribution in [3.05, 3.63) is 0 Å². The Kier molecular flexibility index (Phi) is 1.62. The molecule has 0 bridgehead atoms. The molecular formula is C7H11NO3. The molecule has 0 radical (unpaired) electrons. The molecule has 1 rings (SSSR count). The lowest BCUT2D eigenvalue weighted by Crippen LogP contribution is -2.47. The van der Waals surface area contributed by atoms with Crippen molar-refractivity contribution in [3.63, 3.8) is 0 Å². The Morgan fingerprint density at radius 1 is 1.73 bits per heavy atom. The van der Waals surface area contributed by atoms with Gasteiger partial charge in [-0.25, -0.2) is 4.79 Å². The standard InChI is InChI=1S/C7H11NO3/c1-7(6(10)11)4-3-5(9)8(7)2/h3-4H2,1-2H3,(H,10,11). The van der Waals surface area contributed by atoms with Crippen molar-refractivity contribution >= 4 is 11.9 Å². The third kappa shape index (κ3) is 0.982. The summed E-state index contributed by atoms with van der Waals surface area (Å²) in [5.41, 5.74) is -0.975. The largest absolute Gasteiger partial charge is 0.480 e. The van der Waals surface area contributed by atoms with Crippen molar-refractivity contribution in [2.24, 2.45) is 0 Å². The van der Waals surface area contributed by atoms with Crippen LogP contribution in [0.4, 0.5) is 0 Å². The van der Waals surface area contributed by atoms with Gasteiger partial charge in [-0.3, -0.25) is 4.79 Å². The molecule has 1 N–H and O–H groups in total. The van der Waals surface area contributed by atoms with Crippen LogP contribution in [0.25, 0.3) is 0 Å². The molecule has 1 saturated heterocycles. The van der Waals surface area contributed by atoms with Gasteiger partial charge in [-0.15, -0.1) is 0 Å². The number of hydrogen-bond acceptors (Lipinski definition) is 2. The van der Waals surface area contributed by atoms with Gasteiger partial charge in [0.2, 0.25) is 5.91 Å². The molecule has 1 amide bonds. The van der Waals surface area contributed by atoms with Gasteiger partial charge in [-0.2, -0.15) is 0 Å². The average Bonchev–Trinajstić information content (AvgIpc) is 2.18. The Hall–Kier alpha value is -1.06. The molecule has 11 heavy (non-hydrogen) atoms. The molecule has 4 nitrogen and oxygen atoms in total. The topological polar surface area (TPSA) is 57.6 Å². The van der Waals surface area contributed by atoms with Crippen molar-refractivity contribution in [1.82, 2.24) is 4.90 Å². The second-order valence-electron chi connectivity index (χ2n) is 3.03. The van der Waals surface area contributed by atoms with Crippen molar-refractivity contribution in [1.29, 1.82) is 0 Å². The Morgan fingerprint density at radius 2 is 2.27 bits per heavy atom. The normalized spacial score (nSPS) is 31.1. The van der Waals surface area contributed by atoms with Gasteiger partial charge < -0.3 is 10.0 Å². The molecule has 0 aromatic carbocycles. The molecule has 1 fully saturated rings. The first-order valence-electron chi connectivity index (χ1n) is 3.48. The molecule has 1 heterocycles. The minimum Gasteiger partial charge on any atom is -0.480 e. The van der Waals surface area contributed by atoms with Crippen LogP contribution in [-0.4, -0.2) is 34.5 Å². The van der Waals surface area contributed by atoms with Gasteiger partial charge in [0.1, 0.15) is 5.54 Å². The van der Waals surface area contributed by atoms with E-state index < -0.39 is 11.5 Å². The average molecular weight is 157 g/mol. The molecule has 4 heteroatoms. The number of aliphatic carboxylic acids is 1. The zero-order valence-corrected chi connectivity index (χ0v) is 6.63. The number of carbonyl (C=O) groups is 2. The van der Waals surface area contributed by atoms with E-state index in [4.69, 9.17) is 5.11 Å². The summed E-state index contributed by atoms with van der Waals surface area (Å²) < 4.78 is 0. The zero-order valence-electron chi connectivity index (χ0n) is 6.63. The van der Waals surface area contributed by atoms with E-state index in [2.05, 4.69) is 0 Å². The Labute approximate surface area is 64.8 Å². The van der Waals surface area contributed by atoms with Crippen molar-refractivity contribution in [3.8, 4) is 0 Å². The monoisotopic (exact) mass is 157 g/mol. The summed E-state index contributed by atoms with van der Waals surface area (Å²) in [7, 11) is 1.53. The zero-order chi connectivity index (χ0) is 8.65. The van der Waals surface area contributed by atoms with Crippen LogP contribution >= 0.6 is 0 Å². The number of amides is 1. The van der Waals surface area contributed by atoms with E-state index in [-0.39, 0.29) is 5.91 Å². The molecular weight excluding hydrogens is 146 g/mol. The first kappa shape index (κ1) is 8.04. The van der Waals surface area contributed by atoms with Gasteiger partial charge in [-0.1, -0.05) is 0 Å². The van der Waals surface area contributed by atoms with E-state index in [9.17, 15) is 9.59 Å². The van der Waals surface area contributed by atoms with Crippen molar-refractivity contribution in [2.45, 2.75) is 25.3 Å². The third-order valence-electron chi connectivity index (χ3n) is 2.40. The Bertz CT molecular complexity index is 214. The summed E-state index contributed by atoms with van der Waals surface area (Å²) in [5, 5.41) is 8.77. The minimum absolute atomic E-state index is 0.0881. The quantitative estimate of drug-likeness (QED) is 0.586. The predicted octanol–water partition coefficient (Wildman–Crippen LogP) is 0.0819. The van der Waals surface area contributed by atoms with Crippen LogP contribution in [0.1, 0.15) is 19.8 Å². The number of carbonyl (C=O) groups excluding carboxylic acids is 1. The van der Waals surface area contributed by atoms with Gasteiger partial charge in [0.25, 0.3) is 0 Å². The number of carboxylic acid groups (broad SMARTS) is 1. The van der Waals surface area contributed by atoms with Crippen LogP contribution in [0, 0.1) is 0 Å². The van der Waals surface area contributed by atoms with Crippen LogP contribution in [0.2, 0.25) is 0 Å². The molecule has 0 spiro atoms. The molecule has 0 aliphatic carbocycles. The van der Waals surface area contributed by atoms with E-state index in [1.807, 2.05) is 0 Å². The van der Waals surface area contributed by atoms with Crippen molar-refractivity contribution in [2.75, 3.05) is 7.05 Å². The van der Waals surface area contributed by atoms with Crippen LogP contribution in [0.5, 0.6) is 0 Å². The predicted molar refractivity (Wildman–Crippen MR) is 38.0 cm³/mol. The van der Waals surface area contributed by atoms with Crippen molar-refractivity contribution < 1.29 is 14.7 Å². The first-order chi connectivity index (χ1) is 4.98. The van der Waals surface area contributed by atoms with Crippen LogP contribution in [-0.2, 0) is 9.59 Å². The maximum absolute atomic E-state index is 11.0. The molecule has 1 aliphatic heterocycles. The highest BCUT2D eigenvalue weighted by Gasteiger charge is 2.45.